The minimum absolute atomic E-state index is 0.0691. The Balaban J connectivity index is 1.54. The summed E-state index contributed by atoms with van der Waals surface area (Å²) in [6.45, 7) is 4.30. The van der Waals surface area contributed by atoms with E-state index in [1.807, 2.05) is 0 Å². The van der Waals surface area contributed by atoms with Crippen molar-refractivity contribution < 1.29 is 4.39 Å². The summed E-state index contributed by atoms with van der Waals surface area (Å²) in [6, 6.07) is 11.2. The molecule has 2 fully saturated rings. The van der Waals surface area contributed by atoms with Gasteiger partial charge in [-0.3, -0.25) is 0 Å². The Bertz CT molecular complexity index is 1080. The van der Waals surface area contributed by atoms with Crippen molar-refractivity contribution >= 4 is 40.0 Å². The van der Waals surface area contributed by atoms with Crippen LogP contribution in [-0.4, -0.2) is 29.1 Å². The molecule has 1 aliphatic carbocycles. The second kappa shape index (κ2) is 8.00. The van der Waals surface area contributed by atoms with E-state index in [0.717, 1.165) is 36.2 Å². The zero-order valence-corrected chi connectivity index (χ0v) is 17.6. The SMILES string of the molecule is C[C@@H](Nc1nc(Nc2ccc(F)c(Cl)c2)nc2c(CC3CNC3)cccc12)C1CC1. The smallest absolute Gasteiger partial charge is 0.229 e. The molecule has 5 rings (SSSR count). The standard InChI is InChI=1S/C23H25ClFN5/c1-13(15-5-6-15)27-22-18-4-2-3-16(9-14-11-26-12-14)21(18)29-23(30-22)28-17-7-8-20(25)19(24)10-17/h2-4,7-8,10,13-15,26H,5-6,9,11-12H2,1H3,(H2,27,28,29,30)/t13-/m1/s1. The Labute approximate surface area is 180 Å². The van der Waals surface area contributed by atoms with Crippen molar-refractivity contribution in [2.45, 2.75) is 32.2 Å². The van der Waals surface area contributed by atoms with Gasteiger partial charge in [-0.15, -0.1) is 0 Å². The van der Waals surface area contributed by atoms with Gasteiger partial charge in [-0.05, 0) is 80.9 Å². The molecule has 3 aromatic rings. The topological polar surface area (TPSA) is 61.9 Å². The average molecular weight is 426 g/mol. The first-order valence-electron chi connectivity index (χ1n) is 10.6. The van der Waals surface area contributed by atoms with E-state index in [0.29, 0.717) is 29.5 Å². The molecular formula is C23H25ClFN5. The fourth-order valence-electron chi connectivity index (χ4n) is 3.98. The normalized spacial score (nSPS) is 17.6. The van der Waals surface area contributed by atoms with Crippen LogP contribution in [0.3, 0.4) is 0 Å². The molecule has 0 spiro atoms. The molecule has 1 atom stereocenters. The number of halogens is 2. The largest absolute Gasteiger partial charge is 0.367 e. The molecule has 156 valence electrons. The quantitative estimate of drug-likeness (QED) is 0.489. The summed E-state index contributed by atoms with van der Waals surface area (Å²) >= 11 is 5.95. The predicted octanol–water partition coefficient (Wildman–Crippen LogP) is 5.14. The van der Waals surface area contributed by atoms with E-state index in [-0.39, 0.29) is 5.02 Å². The van der Waals surface area contributed by atoms with Crippen molar-refractivity contribution in [2.24, 2.45) is 11.8 Å². The van der Waals surface area contributed by atoms with Gasteiger partial charge in [0.2, 0.25) is 5.95 Å². The number of benzene rings is 2. The van der Waals surface area contributed by atoms with Gasteiger partial charge in [0.25, 0.3) is 0 Å². The summed E-state index contributed by atoms with van der Waals surface area (Å²) in [5.74, 6) is 2.21. The van der Waals surface area contributed by atoms with Gasteiger partial charge in [-0.25, -0.2) is 9.37 Å². The van der Waals surface area contributed by atoms with Crippen molar-refractivity contribution in [3.8, 4) is 0 Å². The Morgan fingerprint density at radius 2 is 2.03 bits per heavy atom. The highest BCUT2D eigenvalue weighted by Crippen LogP contribution is 2.35. The molecule has 7 heteroatoms. The second-order valence-electron chi connectivity index (χ2n) is 8.46. The van der Waals surface area contributed by atoms with Gasteiger partial charge in [0, 0.05) is 17.1 Å². The first-order chi connectivity index (χ1) is 14.6. The van der Waals surface area contributed by atoms with Gasteiger partial charge in [-0.1, -0.05) is 23.7 Å². The van der Waals surface area contributed by atoms with E-state index < -0.39 is 5.82 Å². The van der Waals surface area contributed by atoms with Crippen LogP contribution >= 0.6 is 11.6 Å². The number of aromatic nitrogens is 2. The Hall–Kier alpha value is -2.44. The predicted molar refractivity (Wildman–Crippen MR) is 120 cm³/mol. The van der Waals surface area contributed by atoms with Crippen LogP contribution in [0.15, 0.2) is 36.4 Å². The summed E-state index contributed by atoms with van der Waals surface area (Å²) < 4.78 is 13.5. The Kier molecular flexibility index (Phi) is 5.21. The third-order valence-electron chi connectivity index (χ3n) is 6.05. The zero-order chi connectivity index (χ0) is 20.7. The summed E-state index contributed by atoms with van der Waals surface area (Å²) in [7, 11) is 0. The maximum absolute atomic E-state index is 13.5. The molecule has 2 aliphatic rings. The van der Waals surface area contributed by atoms with E-state index in [4.69, 9.17) is 21.6 Å². The molecule has 3 N–H and O–H groups in total. The summed E-state index contributed by atoms with van der Waals surface area (Å²) in [4.78, 5) is 9.61. The summed E-state index contributed by atoms with van der Waals surface area (Å²) in [6.07, 6.45) is 3.51. The van der Waals surface area contributed by atoms with E-state index in [9.17, 15) is 4.39 Å². The molecule has 2 aromatic carbocycles. The lowest BCUT2D eigenvalue weighted by molar-refractivity contribution is 0.347. The third kappa shape index (κ3) is 4.07. The highest BCUT2D eigenvalue weighted by atomic mass is 35.5. The molecule has 0 unspecified atom stereocenters. The minimum atomic E-state index is -0.446. The van der Waals surface area contributed by atoms with Crippen LogP contribution in [0.5, 0.6) is 0 Å². The molecule has 1 saturated heterocycles. The molecule has 1 aliphatic heterocycles. The number of rotatable bonds is 7. The average Bonchev–Trinajstić information content (AvgIpc) is 3.53. The van der Waals surface area contributed by atoms with Crippen molar-refractivity contribution in [2.75, 3.05) is 23.7 Å². The number of hydrogen-bond donors (Lipinski definition) is 3. The highest BCUT2D eigenvalue weighted by Gasteiger charge is 2.29. The fraction of sp³-hybridized carbons (Fsp3) is 0.391. The van der Waals surface area contributed by atoms with Crippen LogP contribution in [-0.2, 0) is 6.42 Å². The highest BCUT2D eigenvalue weighted by molar-refractivity contribution is 6.31. The number of nitrogens with one attached hydrogen (secondary N) is 3. The van der Waals surface area contributed by atoms with Gasteiger partial charge < -0.3 is 16.0 Å². The molecule has 1 saturated carbocycles. The van der Waals surface area contributed by atoms with E-state index >= 15 is 0 Å². The number of para-hydroxylation sites is 1. The molecule has 30 heavy (non-hydrogen) atoms. The number of anilines is 3. The van der Waals surface area contributed by atoms with E-state index in [1.165, 1.54) is 24.5 Å². The van der Waals surface area contributed by atoms with Gasteiger partial charge >= 0.3 is 0 Å². The molecule has 2 heterocycles. The molecule has 0 radical (unpaired) electrons. The summed E-state index contributed by atoms with van der Waals surface area (Å²) in [5.41, 5.74) is 2.84. The van der Waals surface area contributed by atoms with Crippen molar-refractivity contribution in [1.82, 2.24) is 15.3 Å². The minimum Gasteiger partial charge on any atom is -0.367 e. The van der Waals surface area contributed by atoms with Crippen LogP contribution in [0.4, 0.5) is 21.8 Å². The lowest BCUT2D eigenvalue weighted by Gasteiger charge is -2.27. The second-order valence-corrected chi connectivity index (χ2v) is 8.87. The van der Waals surface area contributed by atoms with E-state index in [2.05, 4.69) is 41.1 Å². The molecule has 0 amide bonds. The van der Waals surface area contributed by atoms with E-state index in [1.54, 1.807) is 12.1 Å². The Morgan fingerprint density at radius 3 is 2.73 bits per heavy atom. The lowest BCUT2D eigenvalue weighted by Crippen LogP contribution is -2.43. The van der Waals surface area contributed by atoms with Crippen molar-refractivity contribution in [3.63, 3.8) is 0 Å². The Morgan fingerprint density at radius 1 is 1.20 bits per heavy atom. The van der Waals surface area contributed by atoms with Crippen LogP contribution in [0.25, 0.3) is 10.9 Å². The van der Waals surface area contributed by atoms with Crippen LogP contribution in [0.2, 0.25) is 5.02 Å². The van der Waals surface area contributed by atoms with Gasteiger partial charge in [0.1, 0.15) is 11.6 Å². The van der Waals surface area contributed by atoms with Crippen LogP contribution in [0, 0.1) is 17.7 Å². The molecule has 1 aromatic heterocycles. The monoisotopic (exact) mass is 425 g/mol. The lowest BCUT2D eigenvalue weighted by atomic mass is 9.93. The third-order valence-corrected chi connectivity index (χ3v) is 6.34. The van der Waals surface area contributed by atoms with Gasteiger partial charge in [-0.2, -0.15) is 4.98 Å². The molecule has 0 bridgehead atoms. The van der Waals surface area contributed by atoms with Crippen molar-refractivity contribution in [1.29, 1.82) is 0 Å². The van der Waals surface area contributed by atoms with Gasteiger partial charge in [0.05, 0.1) is 10.5 Å². The zero-order valence-electron chi connectivity index (χ0n) is 16.9. The number of nitrogens with zero attached hydrogens (tertiary/aromatic N) is 2. The van der Waals surface area contributed by atoms with Crippen LogP contribution in [0.1, 0.15) is 25.3 Å². The molecule has 5 nitrogen and oxygen atoms in total. The van der Waals surface area contributed by atoms with Crippen molar-refractivity contribution in [3.05, 3.63) is 52.8 Å². The fourth-order valence-corrected chi connectivity index (χ4v) is 4.16. The first kappa shape index (κ1) is 19.5. The number of fused-ring (bicyclic) bond motifs is 1. The van der Waals surface area contributed by atoms with Gasteiger partial charge in [0.15, 0.2) is 0 Å². The van der Waals surface area contributed by atoms with Crippen LogP contribution < -0.4 is 16.0 Å². The first-order valence-corrected chi connectivity index (χ1v) is 10.9. The number of hydrogen-bond acceptors (Lipinski definition) is 5. The molecular weight excluding hydrogens is 401 g/mol. The maximum Gasteiger partial charge on any atom is 0.229 e. The maximum atomic E-state index is 13.5. The summed E-state index contributed by atoms with van der Waals surface area (Å²) in [5, 5.41) is 11.3.